The molecule has 0 aromatic heterocycles. The van der Waals surface area contributed by atoms with E-state index in [1.54, 1.807) is 6.08 Å². The zero-order valence-electron chi connectivity index (χ0n) is 9.48. The Morgan fingerprint density at radius 1 is 1.19 bits per heavy atom. The fraction of sp³-hybridized carbons (Fsp3) is 0.429. The molecular formula is C14H18O2. The zero-order valence-corrected chi connectivity index (χ0v) is 9.48. The number of hydrogen-bond donors (Lipinski definition) is 1. The molecule has 1 N–H and O–H groups in total. The Morgan fingerprint density at radius 2 is 2.06 bits per heavy atom. The molecule has 1 aromatic rings. The van der Waals surface area contributed by atoms with Gasteiger partial charge in [0.05, 0.1) is 6.61 Å². The average molecular weight is 218 g/mol. The van der Waals surface area contributed by atoms with Gasteiger partial charge in [0.2, 0.25) is 0 Å². The molecule has 0 saturated carbocycles. The summed E-state index contributed by atoms with van der Waals surface area (Å²) in [5.74, 6) is 1.01. The predicted octanol–water partition coefficient (Wildman–Crippen LogP) is 2.49. The maximum Gasteiger partial charge on any atom is 0.123 e. The van der Waals surface area contributed by atoms with Gasteiger partial charge in [-0.15, -0.1) is 0 Å². The Bertz CT molecular complexity index is 369. The van der Waals surface area contributed by atoms with Crippen molar-refractivity contribution >= 4 is 0 Å². The molecule has 1 aromatic carbocycles. The number of aliphatic hydroxyl groups excluding tert-OH is 1. The molecule has 0 unspecified atom stereocenters. The van der Waals surface area contributed by atoms with Crippen LogP contribution in [0.2, 0.25) is 0 Å². The largest absolute Gasteiger partial charge is 0.489 e. The first kappa shape index (κ1) is 11.2. The van der Waals surface area contributed by atoms with Crippen LogP contribution in [0.1, 0.15) is 24.0 Å². The summed E-state index contributed by atoms with van der Waals surface area (Å²) in [5, 5.41) is 8.61. The van der Waals surface area contributed by atoms with Crippen molar-refractivity contribution < 1.29 is 9.84 Å². The Balaban J connectivity index is 2.06. The third-order valence-corrected chi connectivity index (χ3v) is 2.96. The van der Waals surface area contributed by atoms with Crippen molar-refractivity contribution in [1.29, 1.82) is 0 Å². The predicted molar refractivity (Wildman–Crippen MR) is 64.8 cm³/mol. The monoisotopic (exact) mass is 218 g/mol. The second-order valence-electron chi connectivity index (χ2n) is 4.07. The van der Waals surface area contributed by atoms with E-state index in [0.29, 0.717) is 6.61 Å². The molecule has 2 nitrogen and oxygen atoms in total. The van der Waals surface area contributed by atoms with Crippen molar-refractivity contribution in [3.05, 3.63) is 41.5 Å². The molecule has 2 heteroatoms. The highest BCUT2D eigenvalue weighted by molar-refractivity contribution is 5.41. The van der Waals surface area contributed by atoms with Gasteiger partial charge in [-0.25, -0.2) is 0 Å². The molecular weight excluding hydrogens is 200 g/mol. The topological polar surface area (TPSA) is 29.5 Å². The molecule has 2 rings (SSSR count). The molecule has 0 amide bonds. The third-order valence-electron chi connectivity index (χ3n) is 2.96. The number of ether oxygens (including phenoxy) is 1. The summed E-state index contributed by atoms with van der Waals surface area (Å²) >= 11 is 0. The maximum absolute atomic E-state index is 8.61. The van der Waals surface area contributed by atoms with Gasteiger partial charge in [-0.1, -0.05) is 18.2 Å². The van der Waals surface area contributed by atoms with E-state index in [1.165, 1.54) is 30.4 Å². The number of aliphatic hydroxyl groups is 1. The van der Waals surface area contributed by atoms with E-state index in [-0.39, 0.29) is 6.61 Å². The van der Waals surface area contributed by atoms with Gasteiger partial charge in [-0.2, -0.15) is 0 Å². The van der Waals surface area contributed by atoms with Crippen LogP contribution in [-0.4, -0.2) is 18.3 Å². The van der Waals surface area contributed by atoms with Crippen molar-refractivity contribution in [1.82, 2.24) is 0 Å². The fourth-order valence-electron chi connectivity index (χ4n) is 2.16. The van der Waals surface area contributed by atoms with E-state index < -0.39 is 0 Å². The molecule has 0 fully saturated rings. The van der Waals surface area contributed by atoms with Gasteiger partial charge in [0, 0.05) is 0 Å². The lowest BCUT2D eigenvalue weighted by Gasteiger charge is -2.18. The van der Waals surface area contributed by atoms with Crippen molar-refractivity contribution in [3.8, 4) is 5.75 Å². The maximum atomic E-state index is 8.61. The summed E-state index contributed by atoms with van der Waals surface area (Å²) in [7, 11) is 0. The average Bonchev–Trinajstić information content (AvgIpc) is 2.35. The summed E-state index contributed by atoms with van der Waals surface area (Å²) in [6, 6.07) is 6.30. The number of rotatable bonds is 4. The molecule has 0 atom stereocenters. The molecule has 0 heterocycles. The van der Waals surface area contributed by atoms with Crippen molar-refractivity contribution in [2.45, 2.75) is 25.7 Å². The second-order valence-corrected chi connectivity index (χ2v) is 4.07. The van der Waals surface area contributed by atoms with Crippen LogP contribution in [0.15, 0.2) is 30.4 Å². The summed E-state index contributed by atoms with van der Waals surface area (Å²) in [6.07, 6.45) is 8.42. The minimum atomic E-state index is 0.0796. The fourth-order valence-corrected chi connectivity index (χ4v) is 2.16. The van der Waals surface area contributed by atoms with E-state index in [1.807, 2.05) is 12.1 Å². The second kappa shape index (κ2) is 5.71. The van der Waals surface area contributed by atoms with Crippen LogP contribution >= 0.6 is 0 Å². The molecule has 86 valence electrons. The molecule has 16 heavy (non-hydrogen) atoms. The summed E-state index contributed by atoms with van der Waals surface area (Å²) < 4.78 is 5.71. The zero-order chi connectivity index (χ0) is 11.2. The van der Waals surface area contributed by atoms with Crippen LogP contribution in [-0.2, 0) is 12.8 Å². The van der Waals surface area contributed by atoms with E-state index >= 15 is 0 Å². The van der Waals surface area contributed by atoms with Crippen molar-refractivity contribution in [2.24, 2.45) is 0 Å². The lowest BCUT2D eigenvalue weighted by molar-refractivity contribution is 0.335. The lowest BCUT2D eigenvalue weighted by atomic mass is 9.91. The molecule has 0 radical (unpaired) electrons. The third kappa shape index (κ3) is 2.64. The Kier molecular flexibility index (Phi) is 4.00. The van der Waals surface area contributed by atoms with Crippen LogP contribution in [0.5, 0.6) is 5.75 Å². The summed E-state index contributed by atoms with van der Waals surface area (Å²) in [5.41, 5.74) is 2.82. The number of hydrogen-bond acceptors (Lipinski definition) is 2. The van der Waals surface area contributed by atoms with Crippen LogP contribution in [0.4, 0.5) is 0 Å². The van der Waals surface area contributed by atoms with E-state index in [4.69, 9.17) is 9.84 Å². The number of aryl methyl sites for hydroxylation is 1. The van der Waals surface area contributed by atoms with Gasteiger partial charge in [-0.3, -0.25) is 0 Å². The smallest absolute Gasteiger partial charge is 0.123 e. The lowest BCUT2D eigenvalue weighted by Crippen LogP contribution is -2.06. The Hall–Kier alpha value is -1.28. The first-order valence-corrected chi connectivity index (χ1v) is 5.91. The molecule has 0 aliphatic heterocycles. The number of fused-ring (bicyclic) bond motifs is 1. The standard InChI is InChI=1S/C14H18O2/c15-10-3-4-11-16-14-9-5-7-12-6-1-2-8-13(12)14/h3-5,7,9,15H,1-2,6,8,10-11H2/b4-3+. The minimum absolute atomic E-state index is 0.0796. The molecule has 0 spiro atoms. The first-order valence-electron chi connectivity index (χ1n) is 5.91. The van der Waals surface area contributed by atoms with Crippen LogP contribution in [0.3, 0.4) is 0 Å². The van der Waals surface area contributed by atoms with Gasteiger partial charge in [0.25, 0.3) is 0 Å². The molecule has 0 bridgehead atoms. The van der Waals surface area contributed by atoms with Gasteiger partial charge in [0.15, 0.2) is 0 Å². The normalized spacial score (nSPS) is 15.1. The van der Waals surface area contributed by atoms with Gasteiger partial charge >= 0.3 is 0 Å². The van der Waals surface area contributed by atoms with E-state index in [0.717, 1.165) is 12.2 Å². The highest BCUT2D eigenvalue weighted by Crippen LogP contribution is 2.29. The summed E-state index contributed by atoms with van der Waals surface area (Å²) in [4.78, 5) is 0. The van der Waals surface area contributed by atoms with Crippen LogP contribution in [0.25, 0.3) is 0 Å². The molecule has 1 aliphatic carbocycles. The number of benzene rings is 1. The van der Waals surface area contributed by atoms with E-state index in [9.17, 15) is 0 Å². The van der Waals surface area contributed by atoms with Crippen molar-refractivity contribution in [3.63, 3.8) is 0 Å². The van der Waals surface area contributed by atoms with Gasteiger partial charge in [-0.05, 0) is 49.0 Å². The van der Waals surface area contributed by atoms with Gasteiger partial charge < -0.3 is 9.84 Å². The van der Waals surface area contributed by atoms with Crippen LogP contribution in [0, 0.1) is 0 Å². The van der Waals surface area contributed by atoms with Gasteiger partial charge in [0.1, 0.15) is 12.4 Å². The highest BCUT2D eigenvalue weighted by Gasteiger charge is 2.12. The molecule has 1 aliphatic rings. The Labute approximate surface area is 96.6 Å². The summed E-state index contributed by atoms with van der Waals surface area (Å²) in [6.45, 7) is 0.618. The highest BCUT2D eigenvalue weighted by atomic mass is 16.5. The first-order chi connectivity index (χ1) is 7.92. The SMILES string of the molecule is OC/C=C/COc1cccc2c1CCCC2. The quantitative estimate of drug-likeness (QED) is 0.787. The molecule has 0 saturated heterocycles. The minimum Gasteiger partial charge on any atom is -0.489 e. The Morgan fingerprint density at radius 3 is 2.94 bits per heavy atom. The van der Waals surface area contributed by atoms with Crippen molar-refractivity contribution in [2.75, 3.05) is 13.2 Å². The van der Waals surface area contributed by atoms with E-state index in [2.05, 4.69) is 12.1 Å². The van der Waals surface area contributed by atoms with Crippen LogP contribution < -0.4 is 4.74 Å².